The van der Waals surface area contributed by atoms with E-state index in [9.17, 15) is 4.79 Å². The van der Waals surface area contributed by atoms with Gasteiger partial charge in [0.25, 0.3) is 0 Å². The maximum absolute atomic E-state index is 12.3. The Morgan fingerprint density at radius 1 is 1.25 bits per heavy atom. The van der Waals surface area contributed by atoms with Crippen LogP contribution in [0.25, 0.3) is 10.9 Å². The highest BCUT2D eigenvalue weighted by Gasteiger charge is 2.19. The lowest BCUT2D eigenvalue weighted by Crippen LogP contribution is -2.14. The molecule has 1 aromatic carbocycles. The van der Waals surface area contributed by atoms with E-state index < -0.39 is 0 Å². The van der Waals surface area contributed by atoms with E-state index in [0.29, 0.717) is 18.1 Å². The Kier molecular flexibility index (Phi) is 3.86. The van der Waals surface area contributed by atoms with Gasteiger partial charge in [0.05, 0.1) is 17.6 Å². The molecule has 1 aliphatic rings. The normalized spacial score (nSPS) is 16.6. The van der Waals surface area contributed by atoms with E-state index in [1.54, 1.807) is 0 Å². The van der Waals surface area contributed by atoms with Crippen LogP contribution < -0.4 is 0 Å². The summed E-state index contributed by atoms with van der Waals surface area (Å²) in [7, 11) is 1.94. The third kappa shape index (κ3) is 2.77. The number of ketones is 1. The van der Waals surface area contributed by atoms with Crippen molar-refractivity contribution in [1.82, 2.24) is 9.78 Å². The zero-order valence-corrected chi connectivity index (χ0v) is 12.1. The smallest absolute Gasteiger partial charge is 0.139 e. The number of aromatic nitrogens is 2. The molecule has 3 nitrogen and oxygen atoms in total. The third-order valence-electron chi connectivity index (χ3n) is 4.44. The molecule has 1 aromatic heterocycles. The first-order valence-corrected chi connectivity index (χ1v) is 7.66. The molecule has 20 heavy (non-hydrogen) atoms. The summed E-state index contributed by atoms with van der Waals surface area (Å²) in [5.74, 6) is 0.965. The highest BCUT2D eigenvalue weighted by Crippen LogP contribution is 2.27. The van der Waals surface area contributed by atoms with E-state index in [1.807, 2.05) is 23.9 Å². The first kappa shape index (κ1) is 13.3. The molecule has 0 spiro atoms. The highest BCUT2D eigenvalue weighted by molar-refractivity contribution is 5.88. The van der Waals surface area contributed by atoms with E-state index >= 15 is 0 Å². The van der Waals surface area contributed by atoms with Crippen LogP contribution in [0.4, 0.5) is 0 Å². The number of nitrogens with zero attached hydrogens (tertiary/aromatic N) is 2. The minimum absolute atomic E-state index is 0.348. The second-order valence-electron chi connectivity index (χ2n) is 6.01. The second-order valence-corrected chi connectivity index (χ2v) is 6.01. The molecule has 1 heterocycles. The fourth-order valence-electron chi connectivity index (χ4n) is 3.39. The molecule has 0 aliphatic heterocycles. The maximum atomic E-state index is 12.3. The molecule has 2 aromatic rings. The number of aryl methyl sites for hydroxylation is 1. The molecule has 0 amide bonds. The van der Waals surface area contributed by atoms with Crippen LogP contribution in [0.1, 0.15) is 44.2 Å². The number of hydrogen-bond acceptors (Lipinski definition) is 2. The predicted octanol–water partition coefficient (Wildman–Crippen LogP) is 3.66. The van der Waals surface area contributed by atoms with Gasteiger partial charge < -0.3 is 0 Å². The summed E-state index contributed by atoms with van der Waals surface area (Å²) in [6.45, 7) is 0. The topological polar surface area (TPSA) is 34.9 Å². The second kappa shape index (κ2) is 5.78. The molecule has 106 valence electrons. The van der Waals surface area contributed by atoms with Crippen LogP contribution in [-0.2, 0) is 18.3 Å². The molecule has 0 atom stereocenters. The average molecular weight is 270 g/mol. The lowest BCUT2D eigenvalue weighted by molar-refractivity contribution is -0.119. The fourth-order valence-corrected chi connectivity index (χ4v) is 3.39. The quantitative estimate of drug-likeness (QED) is 0.850. The van der Waals surface area contributed by atoms with Crippen molar-refractivity contribution in [3.63, 3.8) is 0 Å². The summed E-state index contributed by atoms with van der Waals surface area (Å²) in [5.41, 5.74) is 2.04. The molecule has 0 radical (unpaired) electrons. The predicted molar refractivity (Wildman–Crippen MR) is 80.6 cm³/mol. The Morgan fingerprint density at radius 2 is 2.00 bits per heavy atom. The number of para-hydroxylation sites is 1. The van der Waals surface area contributed by atoms with E-state index in [0.717, 1.165) is 23.0 Å². The van der Waals surface area contributed by atoms with Crippen molar-refractivity contribution >= 4 is 16.7 Å². The lowest BCUT2D eigenvalue weighted by Gasteiger charge is -2.20. The summed E-state index contributed by atoms with van der Waals surface area (Å²) in [5, 5.41) is 5.64. The zero-order valence-electron chi connectivity index (χ0n) is 12.1. The average Bonchev–Trinajstić information content (AvgIpc) is 2.77. The molecular formula is C17H22N2O. The Bertz CT molecular complexity index is 608. The molecule has 1 aliphatic carbocycles. The van der Waals surface area contributed by atoms with Gasteiger partial charge in [0.15, 0.2) is 0 Å². The molecule has 1 saturated carbocycles. The maximum Gasteiger partial charge on any atom is 0.139 e. The Labute approximate surface area is 120 Å². The first-order valence-electron chi connectivity index (χ1n) is 7.66. The molecule has 3 rings (SSSR count). The van der Waals surface area contributed by atoms with Gasteiger partial charge in [-0.15, -0.1) is 0 Å². The molecule has 1 fully saturated rings. The van der Waals surface area contributed by atoms with Crippen LogP contribution in [0, 0.1) is 5.92 Å². The van der Waals surface area contributed by atoms with Gasteiger partial charge in [0.2, 0.25) is 0 Å². The van der Waals surface area contributed by atoms with Crippen molar-refractivity contribution in [2.24, 2.45) is 13.0 Å². The number of hydrogen-bond donors (Lipinski definition) is 0. The highest BCUT2D eigenvalue weighted by atomic mass is 16.1. The van der Waals surface area contributed by atoms with Gasteiger partial charge in [-0.25, -0.2) is 0 Å². The number of rotatable bonds is 4. The minimum atomic E-state index is 0.348. The van der Waals surface area contributed by atoms with Crippen LogP contribution in [0.15, 0.2) is 24.3 Å². The molecule has 3 heteroatoms. The number of Topliss-reactive ketones (excluding diaryl/α,β-unsaturated/α-hetero) is 1. The van der Waals surface area contributed by atoms with E-state index in [1.165, 1.54) is 32.1 Å². The van der Waals surface area contributed by atoms with Gasteiger partial charge in [-0.3, -0.25) is 9.48 Å². The molecule has 0 N–H and O–H groups in total. The summed E-state index contributed by atoms with van der Waals surface area (Å²) < 4.78 is 1.87. The number of carbonyl (C=O) groups excluding carboxylic acids is 1. The molecule has 0 saturated heterocycles. The summed E-state index contributed by atoms with van der Waals surface area (Å²) >= 11 is 0. The monoisotopic (exact) mass is 270 g/mol. The lowest BCUT2D eigenvalue weighted by atomic mass is 9.85. The van der Waals surface area contributed by atoms with Gasteiger partial charge in [0.1, 0.15) is 5.78 Å². The molecular weight excluding hydrogens is 248 g/mol. The Balaban J connectivity index is 1.71. The first-order chi connectivity index (χ1) is 9.74. The SMILES string of the molecule is Cn1nc(CC(=O)CC2CCCCC2)c2ccccc21. The van der Waals surface area contributed by atoms with Gasteiger partial charge in [0, 0.05) is 18.9 Å². The van der Waals surface area contributed by atoms with Crippen LogP contribution in [-0.4, -0.2) is 15.6 Å². The summed E-state index contributed by atoms with van der Waals surface area (Å²) in [6.07, 6.45) is 7.62. The Morgan fingerprint density at radius 3 is 2.80 bits per heavy atom. The van der Waals surface area contributed by atoms with E-state index in [2.05, 4.69) is 17.2 Å². The van der Waals surface area contributed by atoms with Crippen LogP contribution in [0.3, 0.4) is 0 Å². The van der Waals surface area contributed by atoms with Gasteiger partial charge in [-0.2, -0.15) is 5.10 Å². The van der Waals surface area contributed by atoms with Gasteiger partial charge >= 0.3 is 0 Å². The van der Waals surface area contributed by atoms with Crippen molar-refractivity contribution < 1.29 is 4.79 Å². The van der Waals surface area contributed by atoms with Crippen molar-refractivity contribution in [2.75, 3.05) is 0 Å². The largest absolute Gasteiger partial charge is 0.299 e. The van der Waals surface area contributed by atoms with Gasteiger partial charge in [-0.05, 0) is 12.0 Å². The Hall–Kier alpha value is -1.64. The summed E-state index contributed by atoms with van der Waals surface area (Å²) in [6, 6.07) is 8.14. The van der Waals surface area contributed by atoms with Gasteiger partial charge in [-0.1, -0.05) is 50.3 Å². The third-order valence-corrected chi connectivity index (χ3v) is 4.44. The van der Waals surface area contributed by atoms with Crippen LogP contribution in [0.5, 0.6) is 0 Å². The zero-order chi connectivity index (χ0) is 13.9. The van der Waals surface area contributed by atoms with Crippen molar-refractivity contribution in [1.29, 1.82) is 0 Å². The molecule has 0 bridgehead atoms. The number of fused-ring (bicyclic) bond motifs is 1. The fraction of sp³-hybridized carbons (Fsp3) is 0.529. The standard InChI is InChI=1S/C17H22N2O/c1-19-17-10-6-5-9-15(17)16(18-19)12-14(20)11-13-7-3-2-4-8-13/h5-6,9-10,13H,2-4,7-8,11-12H2,1H3. The van der Waals surface area contributed by atoms with E-state index in [-0.39, 0.29) is 0 Å². The van der Waals surface area contributed by atoms with E-state index in [4.69, 9.17) is 0 Å². The number of carbonyl (C=O) groups is 1. The number of benzene rings is 1. The van der Waals surface area contributed by atoms with Crippen LogP contribution in [0.2, 0.25) is 0 Å². The summed E-state index contributed by atoms with van der Waals surface area (Å²) in [4.78, 5) is 12.3. The van der Waals surface area contributed by atoms with Crippen molar-refractivity contribution in [2.45, 2.75) is 44.9 Å². The molecule has 0 unspecified atom stereocenters. The van der Waals surface area contributed by atoms with Crippen molar-refractivity contribution in [3.8, 4) is 0 Å². The minimum Gasteiger partial charge on any atom is -0.299 e. The van der Waals surface area contributed by atoms with Crippen LogP contribution >= 0.6 is 0 Å². The van der Waals surface area contributed by atoms with Crippen molar-refractivity contribution in [3.05, 3.63) is 30.0 Å².